The summed E-state index contributed by atoms with van der Waals surface area (Å²) in [5, 5.41) is 2.80. The van der Waals surface area contributed by atoms with Crippen LogP contribution in [0.1, 0.15) is 12.5 Å². The van der Waals surface area contributed by atoms with E-state index in [2.05, 4.69) is 5.32 Å². The van der Waals surface area contributed by atoms with Gasteiger partial charge < -0.3 is 20.7 Å². The highest BCUT2D eigenvalue weighted by atomic mass is 16.5. The molecular formula is C20H25N3O3. The van der Waals surface area contributed by atoms with Crippen molar-refractivity contribution in [2.45, 2.75) is 13.3 Å². The minimum Gasteiger partial charge on any atom is -0.492 e. The maximum atomic E-state index is 12.2. The highest BCUT2D eigenvalue weighted by Gasteiger charge is 2.13. The van der Waals surface area contributed by atoms with E-state index in [1.807, 2.05) is 30.3 Å². The number of ether oxygens (including phenoxy) is 1. The Morgan fingerprint density at radius 1 is 1.08 bits per heavy atom. The summed E-state index contributed by atoms with van der Waals surface area (Å²) in [5.41, 5.74) is 7.18. The second-order valence-electron chi connectivity index (χ2n) is 5.89. The van der Waals surface area contributed by atoms with Crippen LogP contribution < -0.4 is 15.8 Å². The van der Waals surface area contributed by atoms with Crippen molar-refractivity contribution in [2.24, 2.45) is 5.73 Å². The first kappa shape index (κ1) is 19.5. The molecule has 0 spiro atoms. The molecule has 0 heterocycles. The van der Waals surface area contributed by atoms with E-state index >= 15 is 0 Å². The van der Waals surface area contributed by atoms with Crippen molar-refractivity contribution in [3.8, 4) is 5.75 Å². The number of amides is 2. The quantitative estimate of drug-likeness (QED) is 0.721. The fourth-order valence-corrected chi connectivity index (χ4v) is 2.44. The summed E-state index contributed by atoms with van der Waals surface area (Å²) in [5.74, 6) is 0.340. The van der Waals surface area contributed by atoms with Gasteiger partial charge in [0.05, 0.1) is 6.54 Å². The molecule has 3 N–H and O–H groups in total. The molecule has 0 radical (unpaired) electrons. The second kappa shape index (κ2) is 10.2. The third-order valence-corrected chi connectivity index (χ3v) is 3.82. The first-order valence-electron chi connectivity index (χ1n) is 8.60. The molecule has 0 aliphatic rings. The molecule has 6 heteroatoms. The zero-order valence-corrected chi connectivity index (χ0v) is 15.0. The molecule has 2 aromatic rings. The number of hydrogen-bond donors (Lipinski definition) is 2. The number of carbonyl (C=O) groups is 2. The molecule has 0 aromatic heterocycles. The second-order valence-corrected chi connectivity index (χ2v) is 5.89. The molecular weight excluding hydrogens is 330 g/mol. The number of carbonyl (C=O) groups excluding carboxylic acids is 2. The molecule has 2 amide bonds. The van der Waals surface area contributed by atoms with Gasteiger partial charge >= 0.3 is 0 Å². The molecule has 2 aromatic carbocycles. The van der Waals surface area contributed by atoms with Crippen molar-refractivity contribution >= 4 is 17.5 Å². The molecule has 0 aliphatic carbocycles. The van der Waals surface area contributed by atoms with Crippen LogP contribution in [0.5, 0.6) is 5.75 Å². The van der Waals surface area contributed by atoms with Crippen LogP contribution in [0.15, 0.2) is 54.6 Å². The van der Waals surface area contributed by atoms with Crippen molar-refractivity contribution in [3.63, 3.8) is 0 Å². The van der Waals surface area contributed by atoms with Crippen molar-refractivity contribution in [1.82, 2.24) is 4.90 Å². The van der Waals surface area contributed by atoms with Gasteiger partial charge in [-0.1, -0.05) is 30.3 Å². The molecule has 0 bridgehead atoms. The number of rotatable bonds is 9. The summed E-state index contributed by atoms with van der Waals surface area (Å²) < 4.78 is 5.39. The van der Waals surface area contributed by atoms with Gasteiger partial charge in [-0.25, -0.2) is 0 Å². The Bertz CT molecular complexity index is 702. The number of nitrogens with one attached hydrogen (secondary N) is 1. The minimum absolute atomic E-state index is 0.0214. The molecule has 0 fully saturated rings. The summed E-state index contributed by atoms with van der Waals surface area (Å²) in [6.45, 7) is 2.89. The monoisotopic (exact) mass is 355 g/mol. The Kier molecular flexibility index (Phi) is 7.64. The van der Waals surface area contributed by atoms with Crippen molar-refractivity contribution in [1.29, 1.82) is 0 Å². The van der Waals surface area contributed by atoms with Crippen LogP contribution in [0.2, 0.25) is 0 Å². The molecule has 2 rings (SSSR count). The Labute approximate surface area is 153 Å². The van der Waals surface area contributed by atoms with Gasteiger partial charge in [-0.2, -0.15) is 0 Å². The summed E-state index contributed by atoms with van der Waals surface area (Å²) in [6.07, 6.45) is 0.709. The highest BCUT2D eigenvalue weighted by Crippen LogP contribution is 2.15. The summed E-state index contributed by atoms with van der Waals surface area (Å²) in [7, 11) is 0. The third-order valence-electron chi connectivity index (χ3n) is 3.82. The van der Waals surface area contributed by atoms with Crippen LogP contribution in [-0.2, 0) is 16.0 Å². The first-order valence-corrected chi connectivity index (χ1v) is 8.60. The lowest BCUT2D eigenvalue weighted by Gasteiger charge is -2.20. The fraction of sp³-hybridized carbons (Fsp3) is 0.300. The lowest BCUT2D eigenvalue weighted by atomic mass is 10.1. The maximum Gasteiger partial charge on any atom is 0.243 e. The van der Waals surface area contributed by atoms with Crippen LogP contribution in [0, 0.1) is 0 Å². The molecule has 0 saturated heterocycles. The molecule has 26 heavy (non-hydrogen) atoms. The van der Waals surface area contributed by atoms with Gasteiger partial charge in [-0.15, -0.1) is 0 Å². The molecule has 0 aliphatic heterocycles. The van der Waals surface area contributed by atoms with Crippen molar-refractivity contribution in [2.75, 3.05) is 31.6 Å². The van der Waals surface area contributed by atoms with Gasteiger partial charge in [0.1, 0.15) is 12.4 Å². The topological polar surface area (TPSA) is 84.7 Å². The van der Waals surface area contributed by atoms with Gasteiger partial charge in [0.15, 0.2) is 0 Å². The zero-order valence-electron chi connectivity index (χ0n) is 15.0. The smallest absolute Gasteiger partial charge is 0.243 e. The van der Waals surface area contributed by atoms with Crippen molar-refractivity contribution in [3.05, 3.63) is 60.2 Å². The lowest BCUT2D eigenvalue weighted by molar-refractivity contribution is -0.132. The maximum absolute atomic E-state index is 12.2. The van der Waals surface area contributed by atoms with E-state index in [9.17, 15) is 9.59 Å². The average Bonchev–Trinajstić information content (AvgIpc) is 2.65. The molecule has 6 nitrogen and oxygen atoms in total. The number of benzene rings is 2. The number of hydrogen-bond acceptors (Lipinski definition) is 4. The fourth-order valence-electron chi connectivity index (χ4n) is 2.44. The first-order chi connectivity index (χ1) is 12.6. The van der Waals surface area contributed by atoms with Gasteiger partial charge in [-0.3, -0.25) is 9.59 Å². The van der Waals surface area contributed by atoms with Gasteiger partial charge in [0.2, 0.25) is 11.8 Å². The van der Waals surface area contributed by atoms with Gasteiger partial charge in [-0.05, 0) is 36.2 Å². The predicted molar refractivity (Wildman–Crippen MR) is 102 cm³/mol. The standard InChI is InChI=1S/C20H25N3O3/c1-16(24)23(13-11-17-5-3-2-4-6-17)15-20(25)22-18-7-9-19(10-8-18)26-14-12-21/h2-10H,11-15,21H2,1H3,(H,22,25). The van der Waals surface area contributed by atoms with E-state index in [4.69, 9.17) is 10.5 Å². The molecule has 138 valence electrons. The van der Waals surface area contributed by atoms with E-state index in [-0.39, 0.29) is 18.4 Å². The zero-order chi connectivity index (χ0) is 18.8. The molecule has 0 saturated carbocycles. The summed E-state index contributed by atoms with van der Waals surface area (Å²) in [4.78, 5) is 25.6. The Morgan fingerprint density at radius 3 is 2.38 bits per heavy atom. The van der Waals surface area contributed by atoms with Gasteiger partial charge in [0.25, 0.3) is 0 Å². The SMILES string of the molecule is CC(=O)N(CCc1ccccc1)CC(=O)Nc1ccc(OCCN)cc1. The lowest BCUT2D eigenvalue weighted by Crippen LogP contribution is -2.37. The Balaban J connectivity index is 1.85. The highest BCUT2D eigenvalue weighted by molar-refractivity contribution is 5.94. The molecule has 0 unspecified atom stereocenters. The van der Waals surface area contributed by atoms with E-state index in [1.165, 1.54) is 6.92 Å². The number of nitrogens with two attached hydrogens (primary N) is 1. The Hall–Kier alpha value is -2.86. The van der Waals surface area contributed by atoms with Crippen LogP contribution in [-0.4, -0.2) is 43.0 Å². The average molecular weight is 355 g/mol. The molecule has 0 atom stereocenters. The number of anilines is 1. The van der Waals surface area contributed by atoms with Crippen LogP contribution in [0.25, 0.3) is 0 Å². The normalized spacial score (nSPS) is 10.2. The van der Waals surface area contributed by atoms with E-state index < -0.39 is 0 Å². The summed E-state index contributed by atoms with van der Waals surface area (Å²) in [6, 6.07) is 16.9. The van der Waals surface area contributed by atoms with Crippen LogP contribution >= 0.6 is 0 Å². The Morgan fingerprint density at radius 2 is 1.77 bits per heavy atom. The van der Waals surface area contributed by atoms with E-state index in [0.29, 0.717) is 37.6 Å². The number of nitrogens with zero attached hydrogens (tertiary/aromatic N) is 1. The van der Waals surface area contributed by atoms with E-state index in [1.54, 1.807) is 29.2 Å². The third kappa shape index (κ3) is 6.57. The van der Waals surface area contributed by atoms with Crippen LogP contribution in [0.4, 0.5) is 5.69 Å². The van der Waals surface area contributed by atoms with Crippen molar-refractivity contribution < 1.29 is 14.3 Å². The minimum atomic E-state index is -0.233. The summed E-state index contributed by atoms with van der Waals surface area (Å²) >= 11 is 0. The van der Waals surface area contributed by atoms with E-state index in [0.717, 1.165) is 5.56 Å². The largest absolute Gasteiger partial charge is 0.492 e. The van der Waals surface area contributed by atoms with Crippen LogP contribution in [0.3, 0.4) is 0 Å². The predicted octanol–water partition coefficient (Wildman–Crippen LogP) is 2.05. The van der Waals surface area contributed by atoms with Gasteiger partial charge in [0, 0.05) is 25.7 Å².